The zero-order chi connectivity index (χ0) is 16.1. The van der Waals surface area contributed by atoms with Gasteiger partial charge < -0.3 is 15.4 Å². The normalized spacial score (nSPS) is 20.3. The molecule has 0 saturated carbocycles. The lowest BCUT2D eigenvalue weighted by molar-refractivity contribution is -0.135. The smallest absolute Gasteiger partial charge is 0.239 e. The highest BCUT2D eigenvalue weighted by molar-refractivity contribution is 5.85. The van der Waals surface area contributed by atoms with Crippen molar-refractivity contribution in [1.29, 1.82) is 0 Å². The van der Waals surface area contributed by atoms with Crippen molar-refractivity contribution in [2.24, 2.45) is 5.73 Å². The van der Waals surface area contributed by atoms with Gasteiger partial charge in [-0.2, -0.15) is 0 Å². The number of nitrogens with two attached hydrogens (primary N) is 1. The number of benzene rings is 1. The van der Waals surface area contributed by atoms with Crippen LogP contribution in [0.2, 0.25) is 0 Å². The summed E-state index contributed by atoms with van der Waals surface area (Å²) in [5.41, 5.74) is 7.26. The van der Waals surface area contributed by atoms with E-state index < -0.39 is 6.04 Å². The Morgan fingerprint density at radius 1 is 1.08 bits per heavy atom. The minimum atomic E-state index is -0.438. The number of hydrogen-bond donors (Lipinski definition) is 1. The molecule has 0 radical (unpaired) electrons. The lowest BCUT2D eigenvalue weighted by Gasteiger charge is -2.41. The maximum Gasteiger partial charge on any atom is 0.239 e. The van der Waals surface area contributed by atoms with Crippen LogP contribution in [0, 0.1) is 0 Å². The van der Waals surface area contributed by atoms with Gasteiger partial charge in [-0.3, -0.25) is 9.69 Å². The fraction of sp³-hybridized carbons (Fsp3) is 0.611. The number of carbonyl (C=O) groups excluding carboxylic acids is 1. The van der Waals surface area contributed by atoms with E-state index in [1.165, 1.54) is 0 Å². The summed E-state index contributed by atoms with van der Waals surface area (Å²) in [6.45, 7) is 5.22. The standard InChI is InChI=1S/C18H27N3O2.2ClH/c19-17(14-15-4-2-1-3-5-15)18(22)21-10-8-20(9-11-21)16-6-12-23-13-7-16;;/h1-5,16-17H,6-14,19H2;2*1H. The van der Waals surface area contributed by atoms with Crippen molar-refractivity contribution in [3.63, 3.8) is 0 Å². The largest absolute Gasteiger partial charge is 0.381 e. The molecule has 1 unspecified atom stereocenters. The molecule has 2 saturated heterocycles. The third kappa shape index (κ3) is 6.12. The number of nitrogens with zero attached hydrogens (tertiary/aromatic N) is 2. The first-order valence-corrected chi connectivity index (χ1v) is 8.64. The van der Waals surface area contributed by atoms with E-state index in [1.54, 1.807) is 0 Å². The van der Waals surface area contributed by atoms with Gasteiger partial charge in [0.15, 0.2) is 0 Å². The van der Waals surface area contributed by atoms with E-state index in [1.807, 2.05) is 35.2 Å². The van der Waals surface area contributed by atoms with Crippen molar-refractivity contribution in [3.05, 3.63) is 35.9 Å². The predicted octanol–water partition coefficient (Wildman–Crippen LogP) is 1.72. The van der Waals surface area contributed by atoms with Crippen molar-refractivity contribution in [1.82, 2.24) is 9.80 Å². The molecule has 25 heavy (non-hydrogen) atoms. The van der Waals surface area contributed by atoms with Crippen LogP contribution in [0.1, 0.15) is 18.4 Å². The first-order valence-electron chi connectivity index (χ1n) is 8.64. The second-order valence-corrected chi connectivity index (χ2v) is 6.50. The Bertz CT molecular complexity index is 504. The minimum Gasteiger partial charge on any atom is -0.381 e. The maximum absolute atomic E-state index is 12.5. The predicted molar refractivity (Wildman–Crippen MR) is 105 cm³/mol. The Labute approximate surface area is 162 Å². The monoisotopic (exact) mass is 389 g/mol. The third-order valence-corrected chi connectivity index (χ3v) is 4.95. The van der Waals surface area contributed by atoms with Gasteiger partial charge >= 0.3 is 0 Å². The van der Waals surface area contributed by atoms with Crippen molar-refractivity contribution in [3.8, 4) is 0 Å². The molecule has 2 fully saturated rings. The summed E-state index contributed by atoms with van der Waals surface area (Å²) in [6, 6.07) is 10.2. The van der Waals surface area contributed by atoms with Gasteiger partial charge in [0.2, 0.25) is 5.91 Å². The van der Waals surface area contributed by atoms with E-state index in [0.717, 1.165) is 57.8 Å². The second-order valence-electron chi connectivity index (χ2n) is 6.50. The second kappa shape index (κ2) is 11.0. The number of rotatable bonds is 4. The van der Waals surface area contributed by atoms with Crippen molar-refractivity contribution in [2.75, 3.05) is 39.4 Å². The van der Waals surface area contributed by atoms with Crippen LogP contribution in [-0.2, 0) is 16.0 Å². The van der Waals surface area contributed by atoms with E-state index in [9.17, 15) is 4.79 Å². The zero-order valence-electron chi connectivity index (χ0n) is 14.5. The molecule has 1 aromatic rings. The van der Waals surface area contributed by atoms with Gasteiger partial charge in [0.1, 0.15) is 0 Å². The molecule has 2 aliphatic rings. The highest BCUT2D eigenvalue weighted by Gasteiger charge is 2.29. The Morgan fingerprint density at radius 2 is 1.68 bits per heavy atom. The van der Waals surface area contributed by atoms with Crippen LogP contribution in [0.4, 0.5) is 0 Å². The summed E-state index contributed by atoms with van der Waals surface area (Å²) in [7, 11) is 0. The molecule has 3 rings (SSSR count). The fourth-order valence-corrected chi connectivity index (χ4v) is 3.55. The summed E-state index contributed by atoms with van der Waals surface area (Å²) >= 11 is 0. The quantitative estimate of drug-likeness (QED) is 0.851. The molecule has 0 aliphatic carbocycles. The molecule has 0 aromatic heterocycles. The molecule has 1 atom stereocenters. The fourth-order valence-electron chi connectivity index (χ4n) is 3.55. The molecule has 5 nitrogen and oxygen atoms in total. The van der Waals surface area contributed by atoms with Gasteiger partial charge in [-0.15, -0.1) is 24.8 Å². The molecule has 7 heteroatoms. The van der Waals surface area contributed by atoms with Crippen molar-refractivity contribution < 1.29 is 9.53 Å². The molecular weight excluding hydrogens is 361 g/mol. The highest BCUT2D eigenvalue weighted by Crippen LogP contribution is 2.17. The lowest BCUT2D eigenvalue weighted by atomic mass is 10.0. The van der Waals surface area contributed by atoms with Crippen LogP contribution >= 0.6 is 24.8 Å². The van der Waals surface area contributed by atoms with Gasteiger partial charge in [-0.1, -0.05) is 30.3 Å². The van der Waals surface area contributed by atoms with Crippen LogP contribution in [0.25, 0.3) is 0 Å². The van der Waals surface area contributed by atoms with E-state index >= 15 is 0 Å². The Morgan fingerprint density at radius 3 is 2.28 bits per heavy atom. The van der Waals surface area contributed by atoms with Gasteiger partial charge in [0.25, 0.3) is 0 Å². The molecule has 1 aromatic carbocycles. The van der Waals surface area contributed by atoms with Crippen LogP contribution in [0.5, 0.6) is 0 Å². The number of hydrogen-bond acceptors (Lipinski definition) is 4. The number of piperazine rings is 1. The SMILES string of the molecule is Cl.Cl.NC(Cc1ccccc1)C(=O)N1CCN(C2CCOCC2)CC1. The molecule has 2 heterocycles. The lowest BCUT2D eigenvalue weighted by Crippen LogP contribution is -2.56. The summed E-state index contributed by atoms with van der Waals surface area (Å²) in [6.07, 6.45) is 2.84. The topological polar surface area (TPSA) is 58.8 Å². The van der Waals surface area contributed by atoms with Gasteiger partial charge in [-0.05, 0) is 24.8 Å². The molecule has 1 amide bonds. The molecular formula is C18H29Cl2N3O2. The minimum absolute atomic E-state index is 0. The van der Waals surface area contributed by atoms with Gasteiger partial charge in [0.05, 0.1) is 6.04 Å². The summed E-state index contributed by atoms with van der Waals surface area (Å²) in [5, 5.41) is 0. The highest BCUT2D eigenvalue weighted by atomic mass is 35.5. The maximum atomic E-state index is 12.5. The zero-order valence-corrected chi connectivity index (χ0v) is 16.1. The van der Waals surface area contributed by atoms with Crippen LogP contribution in [0.3, 0.4) is 0 Å². The number of ether oxygens (including phenoxy) is 1. The molecule has 2 N–H and O–H groups in total. The molecule has 2 aliphatic heterocycles. The van der Waals surface area contributed by atoms with Crippen molar-refractivity contribution >= 4 is 30.7 Å². The average molecular weight is 390 g/mol. The Hall–Kier alpha value is -0.850. The van der Waals surface area contributed by atoms with Crippen molar-refractivity contribution in [2.45, 2.75) is 31.3 Å². The first kappa shape index (κ1) is 22.2. The molecule has 142 valence electrons. The van der Waals surface area contributed by atoms with Crippen LogP contribution < -0.4 is 5.73 Å². The Kier molecular flexibility index (Phi) is 9.75. The van der Waals surface area contributed by atoms with E-state index in [0.29, 0.717) is 12.5 Å². The summed E-state index contributed by atoms with van der Waals surface area (Å²) < 4.78 is 5.43. The van der Waals surface area contributed by atoms with E-state index in [-0.39, 0.29) is 30.7 Å². The number of amides is 1. The van der Waals surface area contributed by atoms with Gasteiger partial charge in [0, 0.05) is 45.4 Å². The summed E-state index contributed by atoms with van der Waals surface area (Å²) in [5.74, 6) is 0.0838. The average Bonchev–Trinajstić information content (AvgIpc) is 2.63. The van der Waals surface area contributed by atoms with Gasteiger partial charge in [-0.25, -0.2) is 0 Å². The first-order chi connectivity index (χ1) is 11.2. The van der Waals surface area contributed by atoms with Crippen LogP contribution in [-0.4, -0.2) is 67.2 Å². The number of halogens is 2. The third-order valence-electron chi connectivity index (χ3n) is 4.95. The van der Waals surface area contributed by atoms with E-state index in [2.05, 4.69) is 4.90 Å². The van der Waals surface area contributed by atoms with Crippen LogP contribution in [0.15, 0.2) is 30.3 Å². The molecule has 0 bridgehead atoms. The Balaban J connectivity index is 0.00000156. The van der Waals surface area contributed by atoms with E-state index in [4.69, 9.17) is 10.5 Å². The number of carbonyl (C=O) groups is 1. The molecule has 0 spiro atoms. The summed E-state index contributed by atoms with van der Waals surface area (Å²) in [4.78, 5) is 17.0.